The minimum Gasteiger partial charge on any atom is -0.480 e. The molecule has 1 atom stereocenters. The highest BCUT2D eigenvalue weighted by atomic mass is 16.4. The molecule has 1 rings (SSSR count). The second-order valence-corrected chi connectivity index (χ2v) is 4.07. The summed E-state index contributed by atoms with van der Waals surface area (Å²) in [5, 5.41) is 13.3. The van der Waals surface area contributed by atoms with E-state index in [-0.39, 0.29) is 18.9 Å². The van der Waals surface area contributed by atoms with Crippen molar-refractivity contribution in [3.05, 3.63) is 35.9 Å². The smallest absolute Gasteiger partial charge is 0.325 e. The summed E-state index contributed by atoms with van der Waals surface area (Å²) in [7, 11) is 0. The highest BCUT2D eigenvalue weighted by Gasteiger charge is 2.14. The van der Waals surface area contributed by atoms with Gasteiger partial charge in [0.25, 0.3) is 0 Å². The van der Waals surface area contributed by atoms with Crippen molar-refractivity contribution in [3.8, 4) is 0 Å². The molecule has 0 aliphatic rings. The first-order valence-electron chi connectivity index (χ1n) is 5.82. The summed E-state index contributed by atoms with van der Waals surface area (Å²) in [5.74, 6) is -1.94. The van der Waals surface area contributed by atoms with Crippen LogP contribution in [0.5, 0.6) is 0 Å². The predicted octanol–water partition coefficient (Wildman–Crippen LogP) is -0.0654. The van der Waals surface area contributed by atoms with Crippen molar-refractivity contribution in [2.45, 2.75) is 19.4 Å². The van der Waals surface area contributed by atoms with E-state index in [9.17, 15) is 14.4 Å². The molecular weight excluding hydrogens is 248 g/mol. The maximum atomic E-state index is 11.5. The molecule has 0 radical (unpaired) electrons. The van der Waals surface area contributed by atoms with Crippen LogP contribution in [0.2, 0.25) is 0 Å². The standard InChI is InChI=1S/C13H16N2O4/c1-9(13(18)19)15-12(17)8-14-11(16)7-10-5-3-2-4-6-10/h2-6,9H,7-8H2,1H3,(H,14,16)(H,15,17)(H,18,19)/t9-/m1/s1. The van der Waals surface area contributed by atoms with Crippen LogP contribution < -0.4 is 10.6 Å². The van der Waals surface area contributed by atoms with Crippen LogP contribution in [0.4, 0.5) is 0 Å². The van der Waals surface area contributed by atoms with Crippen molar-refractivity contribution in [3.63, 3.8) is 0 Å². The van der Waals surface area contributed by atoms with E-state index in [1.165, 1.54) is 6.92 Å². The summed E-state index contributed by atoms with van der Waals surface area (Å²) in [6.45, 7) is 1.12. The van der Waals surface area contributed by atoms with Gasteiger partial charge in [0.1, 0.15) is 6.04 Å². The average molecular weight is 264 g/mol. The van der Waals surface area contributed by atoms with Crippen molar-refractivity contribution >= 4 is 17.8 Å². The molecule has 0 bridgehead atoms. The fourth-order valence-electron chi connectivity index (χ4n) is 1.38. The zero-order valence-electron chi connectivity index (χ0n) is 10.6. The van der Waals surface area contributed by atoms with E-state index in [1.54, 1.807) is 0 Å². The molecule has 3 N–H and O–H groups in total. The molecule has 102 valence electrons. The molecule has 2 amide bonds. The van der Waals surface area contributed by atoms with Gasteiger partial charge in [0.05, 0.1) is 13.0 Å². The quantitative estimate of drug-likeness (QED) is 0.670. The Hall–Kier alpha value is -2.37. The van der Waals surface area contributed by atoms with E-state index in [0.29, 0.717) is 0 Å². The van der Waals surface area contributed by atoms with Gasteiger partial charge in [-0.15, -0.1) is 0 Å². The fourth-order valence-corrected chi connectivity index (χ4v) is 1.38. The average Bonchev–Trinajstić information content (AvgIpc) is 2.37. The van der Waals surface area contributed by atoms with Gasteiger partial charge in [-0.05, 0) is 12.5 Å². The third-order valence-corrected chi connectivity index (χ3v) is 2.40. The number of carboxylic acids is 1. The molecular formula is C13H16N2O4. The van der Waals surface area contributed by atoms with E-state index < -0.39 is 17.9 Å². The Kier molecular flexibility index (Phi) is 5.53. The molecule has 0 unspecified atom stereocenters. The summed E-state index contributed by atoms with van der Waals surface area (Å²) in [5.41, 5.74) is 0.847. The van der Waals surface area contributed by atoms with Crippen LogP contribution in [0.15, 0.2) is 30.3 Å². The Morgan fingerprint density at radius 3 is 2.37 bits per heavy atom. The molecule has 6 heteroatoms. The number of hydrogen-bond donors (Lipinski definition) is 3. The highest BCUT2D eigenvalue weighted by Crippen LogP contribution is 1.98. The van der Waals surface area contributed by atoms with Gasteiger partial charge in [0.15, 0.2) is 0 Å². The highest BCUT2D eigenvalue weighted by molar-refractivity contribution is 5.88. The van der Waals surface area contributed by atoms with E-state index >= 15 is 0 Å². The van der Waals surface area contributed by atoms with Crippen LogP contribution in [-0.4, -0.2) is 35.5 Å². The number of carbonyl (C=O) groups excluding carboxylic acids is 2. The fraction of sp³-hybridized carbons (Fsp3) is 0.308. The number of carbonyl (C=O) groups is 3. The molecule has 0 aliphatic heterocycles. The second-order valence-electron chi connectivity index (χ2n) is 4.07. The Labute approximate surface area is 110 Å². The molecule has 0 heterocycles. The molecule has 6 nitrogen and oxygen atoms in total. The largest absolute Gasteiger partial charge is 0.480 e. The number of amides is 2. The number of rotatable bonds is 6. The Bertz CT molecular complexity index is 459. The van der Waals surface area contributed by atoms with Crippen molar-refractivity contribution in [2.75, 3.05) is 6.54 Å². The van der Waals surface area contributed by atoms with E-state index in [0.717, 1.165) is 5.56 Å². The minimum atomic E-state index is -1.12. The Morgan fingerprint density at radius 1 is 1.16 bits per heavy atom. The predicted molar refractivity (Wildman–Crippen MR) is 68.4 cm³/mol. The van der Waals surface area contributed by atoms with Gasteiger partial charge >= 0.3 is 5.97 Å². The first-order valence-corrected chi connectivity index (χ1v) is 5.82. The summed E-state index contributed by atoms with van der Waals surface area (Å²) in [6.07, 6.45) is 0.183. The number of benzene rings is 1. The molecule has 0 saturated heterocycles. The first-order chi connectivity index (χ1) is 8.99. The minimum absolute atomic E-state index is 0.183. The van der Waals surface area contributed by atoms with Crippen molar-refractivity contribution < 1.29 is 19.5 Å². The summed E-state index contributed by atoms with van der Waals surface area (Å²) in [4.78, 5) is 33.4. The van der Waals surface area contributed by atoms with Gasteiger partial charge in [-0.25, -0.2) is 0 Å². The van der Waals surface area contributed by atoms with E-state index in [4.69, 9.17) is 5.11 Å². The van der Waals surface area contributed by atoms with Gasteiger partial charge in [0.2, 0.25) is 11.8 Å². The molecule has 0 aromatic heterocycles. The number of nitrogens with one attached hydrogen (secondary N) is 2. The summed E-state index contributed by atoms with van der Waals surface area (Å²) < 4.78 is 0. The maximum absolute atomic E-state index is 11.5. The van der Waals surface area contributed by atoms with Crippen LogP contribution in [-0.2, 0) is 20.8 Å². The summed E-state index contributed by atoms with van der Waals surface area (Å²) >= 11 is 0. The third-order valence-electron chi connectivity index (χ3n) is 2.40. The van der Waals surface area contributed by atoms with Crippen molar-refractivity contribution in [1.82, 2.24) is 10.6 Å². The molecule has 19 heavy (non-hydrogen) atoms. The number of carboxylic acid groups (broad SMARTS) is 1. The number of hydrogen-bond acceptors (Lipinski definition) is 3. The lowest BCUT2D eigenvalue weighted by molar-refractivity contribution is -0.141. The van der Waals surface area contributed by atoms with E-state index in [2.05, 4.69) is 10.6 Å². The lowest BCUT2D eigenvalue weighted by Gasteiger charge is -2.10. The second kappa shape index (κ2) is 7.15. The molecule has 1 aromatic carbocycles. The molecule has 0 saturated carbocycles. The lowest BCUT2D eigenvalue weighted by atomic mass is 10.1. The Balaban J connectivity index is 2.30. The van der Waals surface area contributed by atoms with Gasteiger partial charge in [-0.3, -0.25) is 14.4 Å². The molecule has 0 aliphatic carbocycles. The van der Waals surface area contributed by atoms with E-state index in [1.807, 2.05) is 30.3 Å². The van der Waals surface area contributed by atoms with Gasteiger partial charge in [-0.1, -0.05) is 30.3 Å². The number of aliphatic carboxylic acids is 1. The van der Waals surface area contributed by atoms with Crippen molar-refractivity contribution in [2.24, 2.45) is 0 Å². The molecule has 1 aromatic rings. The zero-order valence-corrected chi connectivity index (χ0v) is 10.6. The van der Waals surface area contributed by atoms with Gasteiger partial charge in [0, 0.05) is 0 Å². The van der Waals surface area contributed by atoms with Crippen LogP contribution in [0.25, 0.3) is 0 Å². The lowest BCUT2D eigenvalue weighted by Crippen LogP contribution is -2.44. The topological polar surface area (TPSA) is 95.5 Å². The maximum Gasteiger partial charge on any atom is 0.325 e. The normalized spacial score (nSPS) is 11.4. The summed E-state index contributed by atoms with van der Waals surface area (Å²) in [6, 6.07) is 8.15. The van der Waals surface area contributed by atoms with Crippen LogP contribution >= 0.6 is 0 Å². The monoisotopic (exact) mass is 264 g/mol. The SMILES string of the molecule is C[C@@H](NC(=O)CNC(=O)Cc1ccccc1)C(=O)O. The van der Waals surface area contributed by atoms with Gasteiger partial charge in [-0.2, -0.15) is 0 Å². The Morgan fingerprint density at radius 2 is 1.79 bits per heavy atom. The third kappa shape index (κ3) is 5.67. The van der Waals surface area contributed by atoms with Crippen LogP contribution in [0.3, 0.4) is 0 Å². The van der Waals surface area contributed by atoms with Gasteiger partial charge < -0.3 is 15.7 Å². The molecule has 0 spiro atoms. The first kappa shape index (κ1) is 14.7. The zero-order chi connectivity index (χ0) is 14.3. The van der Waals surface area contributed by atoms with Crippen LogP contribution in [0.1, 0.15) is 12.5 Å². The van der Waals surface area contributed by atoms with Crippen molar-refractivity contribution in [1.29, 1.82) is 0 Å². The molecule has 0 fully saturated rings. The van der Waals surface area contributed by atoms with Crippen LogP contribution in [0, 0.1) is 0 Å².